The Labute approximate surface area is 191 Å². The molecular weight excluding hydrogens is 380 g/mol. The SMILES string of the molecule is CC(C)CCC[C@@H](C)[C@H]1CC[C@H]2[C@@H]3[C@H](CC(=O)O)CC4=CCCC[C@]4(C)[C@H]3CC[C@]12C. The molecule has 0 spiro atoms. The van der Waals surface area contributed by atoms with Crippen LogP contribution < -0.4 is 0 Å². The molecule has 0 heterocycles. The van der Waals surface area contributed by atoms with Gasteiger partial charge in [-0.3, -0.25) is 4.79 Å². The summed E-state index contributed by atoms with van der Waals surface area (Å²) in [5, 5.41) is 9.78. The molecule has 3 fully saturated rings. The largest absolute Gasteiger partial charge is 0.481 e. The molecule has 31 heavy (non-hydrogen) atoms. The first kappa shape index (κ1) is 23.4. The lowest BCUT2D eigenvalue weighted by atomic mass is 9.44. The zero-order valence-corrected chi connectivity index (χ0v) is 21.0. The molecule has 176 valence electrons. The van der Waals surface area contributed by atoms with Gasteiger partial charge in [-0.05, 0) is 104 Å². The van der Waals surface area contributed by atoms with E-state index in [0.29, 0.717) is 35.0 Å². The van der Waals surface area contributed by atoms with Crippen LogP contribution in [0.1, 0.15) is 112 Å². The minimum absolute atomic E-state index is 0.347. The van der Waals surface area contributed by atoms with Crippen LogP contribution in [-0.2, 0) is 4.79 Å². The van der Waals surface area contributed by atoms with Crippen LogP contribution in [0.3, 0.4) is 0 Å². The third kappa shape index (κ3) is 4.15. The molecule has 0 amide bonds. The summed E-state index contributed by atoms with van der Waals surface area (Å²) in [7, 11) is 0. The van der Waals surface area contributed by atoms with Gasteiger partial charge < -0.3 is 5.11 Å². The second-order valence-electron chi connectivity index (χ2n) is 12.9. The number of aliphatic carboxylic acids is 1. The van der Waals surface area contributed by atoms with E-state index in [1.807, 2.05) is 0 Å². The zero-order chi connectivity index (χ0) is 22.4. The van der Waals surface area contributed by atoms with Crippen molar-refractivity contribution in [3.63, 3.8) is 0 Å². The molecule has 2 nitrogen and oxygen atoms in total. The quantitative estimate of drug-likeness (QED) is 0.416. The van der Waals surface area contributed by atoms with Crippen LogP contribution in [0, 0.1) is 52.3 Å². The number of hydrogen-bond donors (Lipinski definition) is 1. The van der Waals surface area contributed by atoms with Gasteiger partial charge in [0, 0.05) is 6.42 Å². The van der Waals surface area contributed by atoms with Crippen molar-refractivity contribution in [2.24, 2.45) is 52.3 Å². The van der Waals surface area contributed by atoms with Crippen LogP contribution >= 0.6 is 0 Å². The average Bonchev–Trinajstić information content (AvgIpc) is 3.04. The molecule has 0 saturated heterocycles. The number of carboxylic acids is 1. The number of carboxylic acid groups (broad SMARTS) is 1. The van der Waals surface area contributed by atoms with Gasteiger partial charge in [-0.15, -0.1) is 0 Å². The van der Waals surface area contributed by atoms with E-state index in [-0.39, 0.29) is 0 Å². The van der Waals surface area contributed by atoms with E-state index in [1.54, 1.807) is 5.57 Å². The van der Waals surface area contributed by atoms with Crippen molar-refractivity contribution in [3.8, 4) is 0 Å². The molecule has 0 aromatic carbocycles. The monoisotopic (exact) mass is 428 g/mol. The molecule has 0 aromatic heterocycles. The predicted molar refractivity (Wildman–Crippen MR) is 129 cm³/mol. The highest BCUT2D eigenvalue weighted by Crippen LogP contribution is 2.69. The Kier molecular flexibility index (Phi) is 6.68. The van der Waals surface area contributed by atoms with E-state index in [1.165, 1.54) is 64.2 Å². The number of fused-ring (bicyclic) bond motifs is 5. The molecule has 4 aliphatic rings. The van der Waals surface area contributed by atoms with Crippen LogP contribution in [0.25, 0.3) is 0 Å². The number of allylic oxidation sites excluding steroid dienone is 2. The zero-order valence-electron chi connectivity index (χ0n) is 21.0. The lowest BCUT2D eigenvalue weighted by molar-refractivity contribution is -0.142. The van der Waals surface area contributed by atoms with Crippen molar-refractivity contribution in [2.75, 3.05) is 0 Å². The molecule has 0 aliphatic heterocycles. The minimum Gasteiger partial charge on any atom is -0.481 e. The summed E-state index contributed by atoms with van der Waals surface area (Å²) in [6.07, 6.45) is 17.4. The second kappa shape index (κ2) is 8.86. The maximum atomic E-state index is 11.9. The summed E-state index contributed by atoms with van der Waals surface area (Å²) in [6, 6.07) is 0. The first-order valence-corrected chi connectivity index (χ1v) is 13.6. The van der Waals surface area contributed by atoms with Crippen molar-refractivity contribution in [1.29, 1.82) is 0 Å². The van der Waals surface area contributed by atoms with Gasteiger partial charge in [0.05, 0.1) is 0 Å². The Balaban J connectivity index is 1.58. The molecule has 2 heteroatoms. The molecule has 0 radical (unpaired) electrons. The Morgan fingerprint density at radius 1 is 1.10 bits per heavy atom. The molecule has 0 unspecified atom stereocenters. The van der Waals surface area contributed by atoms with E-state index in [2.05, 4.69) is 40.7 Å². The van der Waals surface area contributed by atoms with Gasteiger partial charge in [-0.2, -0.15) is 0 Å². The molecule has 3 saturated carbocycles. The first-order chi connectivity index (χ1) is 14.7. The summed E-state index contributed by atoms with van der Waals surface area (Å²) in [5.41, 5.74) is 2.41. The van der Waals surface area contributed by atoms with Crippen molar-refractivity contribution in [1.82, 2.24) is 0 Å². The third-order valence-corrected chi connectivity index (χ3v) is 10.8. The second-order valence-corrected chi connectivity index (χ2v) is 12.9. The Bertz CT molecular complexity index is 693. The van der Waals surface area contributed by atoms with Crippen LogP contribution in [0.2, 0.25) is 0 Å². The molecule has 8 atom stereocenters. The normalized spacial score (nSPS) is 43.0. The molecule has 4 rings (SSSR count). The summed E-state index contributed by atoms with van der Waals surface area (Å²) >= 11 is 0. The van der Waals surface area contributed by atoms with Crippen LogP contribution in [0.5, 0.6) is 0 Å². The maximum Gasteiger partial charge on any atom is 0.303 e. The predicted octanol–water partition coefficient (Wildman–Crippen LogP) is 8.12. The highest BCUT2D eigenvalue weighted by molar-refractivity contribution is 5.67. The van der Waals surface area contributed by atoms with E-state index in [4.69, 9.17) is 0 Å². The van der Waals surface area contributed by atoms with Gasteiger partial charge >= 0.3 is 5.97 Å². The minimum atomic E-state index is -0.576. The fourth-order valence-electron chi connectivity index (χ4n) is 9.35. The van der Waals surface area contributed by atoms with Gasteiger partial charge in [0.25, 0.3) is 0 Å². The third-order valence-electron chi connectivity index (χ3n) is 10.8. The van der Waals surface area contributed by atoms with E-state index in [0.717, 1.165) is 30.1 Å². The summed E-state index contributed by atoms with van der Waals surface area (Å²) in [4.78, 5) is 11.9. The van der Waals surface area contributed by atoms with Crippen molar-refractivity contribution in [2.45, 2.75) is 112 Å². The van der Waals surface area contributed by atoms with Gasteiger partial charge in [-0.1, -0.05) is 65.5 Å². The number of rotatable bonds is 7. The van der Waals surface area contributed by atoms with Crippen LogP contribution in [0.15, 0.2) is 11.6 Å². The Morgan fingerprint density at radius 2 is 1.87 bits per heavy atom. The number of carbonyl (C=O) groups is 1. The smallest absolute Gasteiger partial charge is 0.303 e. The van der Waals surface area contributed by atoms with E-state index >= 15 is 0 Å². The molecule has 0 bridgehead atoms. The fourth-order valence-corrected chi connectivity index (χ4v) is 9.35. The topological polar surface area (TPSA) is 37.3 Å². The average molecular weight is 429 g/mol. The van der Waals surface area contributed by atoms with Crippen molar-refractivity contribution in [3.05, 3.63) is 11.6 Å². The summed E-state index contributed by atoms with van der Waals surface area (Å²) in [6.45, 7) is 12.4. The van der Waals surface area contributed by atoms with Gasteiger partial charge in [-0.25, -0.2) is 0 Å². The van der Waals surface area contributed by atoms with Crippen LogP contribution in [-0.4, -0.2) is 11.1 Å². The van der Waals surface area contributed by atoms with Crippen LogP contribution in [0.4, 0.5) is 0 Å². The number of hydrogen-bond acceptors (Lipinski definition) is 1. The van der Waals surface area contributed by atoms with E-state index in [9.17, 15) is 9.90 Å². The van der Waals surface area contributed by atoms with Gasteiger partial charge in [0.2, 0.25) is 0 Å². The lowest BCUT2D eigenvalue weighted by Crippen LogP contribution is -2.54. The molecule has 0 aromatic rings. The Morgan fingerprint density at radius 3 is 2.58 bits per heavy atom. The van der Waals surface area contributed by atoms with Crippen molar-refractivity contribution >= 4 is 5.97 Å². The van der Waals surface area contributed by atoms with Gasteiger partial charge in [0.1, 0.15) is 0 Å². The Hall–Kier alpha value is -0.790. The highest BCUT2D eigenvalue weighted by Gasteiger charge is 2.61. The van der Waals surface area contributed by atoms with Crippen molar-refractivity contribution < 1.29 is 9.90 Å². The molecule has 4 aliphatic carbocycles. The fraction of sp³-hybridized carbons (Fsp3) is 0.897. The molecule has 1 N–H and O–H groups in total. The standard InChI is InChI=1S/C29H48O2/c1-19(2)9-8-10-20(3)23-12-13-24-27-21(18-26(30)31)17-22-11-6-7-15-28(22,4)25(27)14-16-29(23,24)5/h11,19-21,23-25,27H,6-10,12-18H2,1-5H3,(H,30,31)/t20-,21+,23-,24+,25+,27+,28+,29-/m1/s1. The lowest BCUT2D eigenvalue weighted by Gasteiger charge is -2.61. The summed E-state index contributed by atoms with van der Waals surface area (Å²) < 4.78 is 0. The highest BCUT2D eigenvalue weighted by atomic mass is 16.4. The summed E-state index contributed by atoms with van der Waals surface area (Å²) in [5.74, 6) is 4.33. The maximum absolute atomic E-state index is 11.9. The first-order valence-electron chi connectivity index (χ1n) is 13.6. The van der Waals surface area contributed by atoms with Gasteiger partial charge in [0.15, 0.2) is 0 Å². The molecular formula is C29H48O2. The van der Waals surface area contributed by atoms with E-state index < -0.39 is 5.97 Å².